The van der Waals surface area contributed by atoms with Gasteiger partial charge in [-0.1, -0.05) is 55.3 Å². The van der Waals surface area contributed by atoms with E-state index in [4.69, 9.17) is 9.47 Å². The summed E-state index contributed by atoms with van der Waals surface area (Å²) in [6.45, 7) is 9.86. The minimum Gasteiger partial charge on any atom is -0.458 e. The van der Waals surface area contributed by atoms with Crippen molar-refractivity contribution in [3.63, 3.8) is 0 Å². The molecule has 0 heterocycles. The van der Waals surface area contributed by atoms with Gasteiger partial charge in [-0.2, -0.15) is 0 Å². The molecule has 2 aromatic carbocycles. The standard InChI is InChI=1S/C28H34BrNO5/c1-16(2)21-11-10-17(3)12-24(21)35-28(33)23-9-7-6-8-22(23)27(32)34-15-25(31)30-20-13-18(4)26(29)19(5)14-20/h6-9,13-14,16-17,21,24H,10-12,15H2,1-5H3,(H,30,31)/t17-,21-,24-/m1/s1. The lowest BCUT2D eigenvalue weighted by Crippen LogP contribution is -2.36. The van der Waals surface area contributed by atoms with Crippen LogP contribution in [0.2, 0.25) is 0 Å². The van der Waals surface area contributed by atoms with E-state index in [1.165, 1.54) is 6.07 Å². The van der Waals surface area contributed by atoms with E-state index >= 15 is 0 Å². The van der Waals surface area contributed by atoms with Gasteiger partial charge in [-0.3, -0.25) is 4.79 Å². The molecule has 1 aliphatic rings. The predicted molar refractivity (Wildman–Crippen MR) is 140 cm³/mol. The van der Waals surface area contributed by atoms with Crippen LogP contribution >= 0.6 is 15.9 Å². The fourth-order valence-electron chi connectivity index (χ4n) is 4.71. The topological polar surface area (TPSA) is 81.7 Å². The average Bonchev–Trinajstić information content (AvgIpc) is 2.80. The Morgan fingerprint density at radius 1 is 1.03 bits per heavy atom. The number of amides is 1. The lowest BCUT2D eigenvalue weighted by molar-refractivity contribution is -0.119. The summed E-state index contributed by atoms with van der Waals surface area (Å²) in [5.74, 6) is -0.558. The molecule has 3 rings (SSSR count). The van der Waals surface area contributed by atoms with Crippen LogP contribution in [-0.2, 0) is 14.3 Å². The van der Waals surface area contributed by atoms with Crippen molar-refractivity contribution in [2.24, 2.45) is 17.8 Å². The molecule has 2 aromatic rings. The van der Waals surface area contributed by atoms with Crippen molar-refractivity contribution in [1.29, 1.82) is 0 Å². The Labute approximate surface area is 215 Å². The molecule has 0 bridgehead atoms. The molecule has 1 N–H and O–H groups in total. The highest BCUT2D eigenvalue weighted by atomic mass is 79.9. The maximum absolute atomic E-state index is 13.1. The molecular weight excluding hydrogens is 510 g/mol. The van der Waals surface area contributed by atoms with Crippen LogP contribution in [0.15, 0.2) is 40.9 Å². The van der Waals surface area contributed by atoms with Crippen LogP contribution in [0.5, 0.6) is 0 Å². The van der Waals surface area contributed by atoms with Crippen molar-refractivity contribution >= 4 is 39.5 Å². The zero-order valence-corrected chi connectivity index (χ0v) is 22.6. The highest BCUT2D eigenvalue weighted by Crippen LogP contribution is 2.36. The largest absolute Gasteiger partial charge is 0.458 e. The first kappa shape index (κ1) is 26.9. The molecule has 0 aromatic heterocycles. The second kappa shape index (κ2) is 11.8. The molecule has 35 heavy (non-hydrogen) atoms. The molecule has 0 unspecified atom stereocenters. The van der Waals surface area contributed by atoms with Gasteiger partial charge >= 0.3 is 11.9 Å². The number of aryl methyl sites for hydroxylation is 2. The normalized spacial score (nSPS) is 19.8. The van der Waals surface area contributed by atoms with Crippen LogP contribution in [-0.4, -0.2) is 30.6 Å². The van der Waals surface area contributed by atoms with Crippen LogP contribution < -0.4 is 5.32 Å². The van der Waals surface area contributed by atoms with Crippen LogP contribution in [0.3, 0.4) is 0 Å². The second-order valence-electron chi connectivity index (χ2n) is 9.86. The van der Waals surface area contributed by atoms with E-state index in [0.717, 1.165) is 34.9 Å². The summed E-state index contributed by atoms with van der Waals surface area (Å²) in [7, 11) is 0. The zero-order chi connectivity index (χ0) is 25.7. The molecule has 1 aliphatic carbocycles. The fraction of sp³-hybridized carbons (Fsp3) is 0.464. The lowest BCUT2D eigenvalue weighted by Gasteiger charge is -2.36. The quantitative estimate of drug-likeness (QED) is 0.404. The predicted octanol–water partition coefficient (Wildman–Crippen LogP) is 6.48. The smallest absolute Gasteiger partial charge is 0.339 e. The molecule has 0 radical (unpaired) electrons. The van der Waals surface area contributed by atoms with E-state index in [-0.39, 0.29) is 17.2 Å². The minimum absolute atomic E-state index is 0.0885. The number of halogens is 1. The number of ether oxygens (including phenoxy) is 2. The third kappa shape index (κ3) is 6.94. The Balaban J connectivity index is 1.65. The zero-order valence-electron chi connectivity index (χ0n) is 21.0. The highest BCUT2D eigenvalue weighted by molar-refractivity contribution is 9.10. The van der Waals surface area contributed by atoms with E-state index in [1.54, 1.807) is 18.2 Å². The molecule has 188 valence electrons. The van der Waals surface area contributed by atoms with Crippen molar-refractivity contribution in [1.82, 2.24) is 0 Å². The van der Waals surface area contributed by atoms with Gasteiger partial charge < -0.3 is 14.8 Å². The summed E-state index contributed by atoms with van der Waals surface area (Å²) in [4.78, 5) is 38.2. The van der Waals surface area contributed by atoms with Gasteiger partial charge in [0.2, 0.25) is 0 Å². The molecule has 1 saturated carbocycles. The number of hydrogen-bond acceptors (Lipinski definition) is 5. The van der Waals surface area contributed by atoms with E-state index in [9.17, 15) is 14.4 Å². The lowest BCUT2D eigenvalue weighted by atomic mass is 9.75. The summed E-state index contributed by atoms with van der Waals surface area (Å²) in [6.07, 6.45) is 2.78. The Morgan fingerprint density at radius 2 is 1.63 bits per heavy atom. The van der Waals surface area contributed by atoms with Crippen LogP contribution in [0, 0.1) is 31.6 Å². The first-order valence-electron chi connectivity index (χ1n) is 12.1. The first-order valence-corrected chi connectivity index (χ1v) is 12.9. The van der Waals surface area contributed by atoms with Gasteiger partial charge in [0.1, 0.15) is 6.10 Å². The Morgan fingerprint density at radius 3 is 2.23 bits per heavy atom. The number of benzene rings is 2. The first-order chi connectivity index (χ1) is 16.6. The van der Waals surface area contributed by atoms with Gasteiger partial charge in [0.15, 0.2) is 6.61 Å². The maximum atomic E-state index is 13.1. The molecule has 0 aliphatic heterocycles. The van der Waals surface area contributed by atoms with Crippen molar-refractivity contribution in [3.8, 4) is 0 Å². The van der Waals surface area contributed by atoms with E-state index in [0.29, 0.717) is 23.4 Å². The van der Waals surface area contributed by atoms with E-state index in [2.05, 4.69) is 42.0 Å². The number of hydrogen-bond donors (Lipinski definition) is 1. The molecule has 0 spiro atoms. The molecule has 6 nitrogen and oxygen atoms in total. The highest BCUT2D eigenvalue weighted by Gasteiger charge is 2.34. The SMILES string of the molecule is Cc1cc(NC(=O)COC(=O)c2ccccc2C(=O)O[C@@H]2C[C@H](C)CC[C@@H]2C(C)C)cc(C)c1Br. The van der Waals surface area contributed by atoms with Gasteiger partial charge in [-0.15, -0.1) is 0 Å². The van der Waals surface area contributed by atoms with Gasteiger partial charge in [0.05, 0.1) is 11.1 Å². The van der Waals surface area contributed by atoms with Gasteiger partial charge in [0.25, 0.3) is 5.91 Å². The Bertz CT molecular complexity index is 1070. The fourth-order valence-corrected chi connectivity index (χ4v) is 4.94. The minimum atomic E-state index is -0.742. The number of rotatable bonds is 7. The monoisotopic (exact) mass is 543 g/mol. The summed E-state index contributed by atoms with van der Waals surface area (Å²) < 4.78 is 12.1. The van der Waals surface area contributed by atoms with Crippen molar-refractivity contribution in [2.45, 2.75) is 60.0 Å². The number of carbonyl (C=O) groups is 3. The molecule has 3 atom stereocenters. The van der Waals surface area contributed by atoms with Crippen LogP contribution in [0.25, 0.3) is 0 Å². The number of esters is 2. The van der Waals surface area contributed by atoms with Crippen LogP contribution in [0.4, 0.5) is 5.69 Å². The van der Waals surface area contributed by atoms with Gasteiger partial charge in [-0.25, -0.2) is 9.59 Å². The molecular formula is C28H34BrNO5. The summed E-state index contributed by atoms with van der Waals surface area (Å²) in [5, 5.41) is 2.74. The van der Waals surface area contributed by atoms with E-state index in [1.807, 2.05) is 26.0 Å². The average molecular weight is 544 g/mol. The number of anilines is 1. The van der Waals surface area contributed by atoms with Crippen molar-refractivity contribution in [2.75, 3.05) is 11.9 Å². The summed E-state index contributed by atoms with van der Waals surface area (Å²) in [6, 6.07) is 10.1. The molecule has 0 saturated heterocycles. The second-order valence-corrected chi connectivity index (χ2v) is 10.7. The Hall–Kier alpha value is -2.67. The molecule has 7 heteroatoms. The van der Waals surface area contributed by atoms with E-state index < -0.39 is 24.5 Å². The summed E-state index contributed by atoms with van der Waals surface area (Å²) >= 11 is 3.50. The molecule has 1 amide bonds. The third-order valence-electron chi connectivity index (χ3n) is 6.64. The van der Waals surface area contributed by atoms with Crippen LogP contribution in [0.1, 0.15) is 71.9 Å². The summed E-state index contributed by atoms with van der Waals surface area (Å²) in [5.41, 5.74) is 2.83. The number of carbonyl (C=O) groups excluding carboxylic acids is 3. The van der Waals surface area contributed by atoms with Crippen molar-refractivity contribution in [3.05, 3.63) is 63.1 Å². The van der Waals surface area contributed by atoms with Gasteiger partial charge in [-0.05, 0) is 79.8 Å². The third-order valence-corrected chi connectivity index (χ3v) is 7.89. The number of nitrogens with one attached hydrogen (secondary N) is 1. The molecule has 1 fully saturated rings. The maximum Gasteiger partial charge on any atom is 0.339 e. The van der Waals surface area contributed by atoms with Gasteiger partial charge in [0, 0.05) is 10.2 Å². The Kier molecular flexibility index (Phi) is 9.11. The van der Waals surface area contributed by atoms with Crippen molar-refractivity contribution < 1.29 is 23.9 Å².